The normalized spacial score (nSPS) is 15.2. The Morgan fingerprint density at radius 3 is 2.68 bits per heavy atom. The van der Waals surface area contributed by atoms with Crippen molar-refractivity contribution in [2.24, 2.45) is 5.92 Å². The minimum Gasteiger partial charge on any atom is -0.360 e. The van der Waals surface area contributed by atoms with E-state index >= 15 is 0 Å². The van der Waals surface area contributed by atoms with Gasteiger partial charge in [-0.2, -0.15) is 0 Å². The Bertz CT molecular complexity index is 716. The number of benzene rings is 1. The molecule has 1 aromatic heterocycles. The third-order valence-electron chi connectivity index (χ3n) is 3.62. The average molecular weight is 381 g/mol. The summed E-state index contributed by atoms with van der Waals surface area (Å²) >= 11 is 2.78. The minimum absolute atomic E-state index is 0.0639. The maximum atomic E-state index is 13.2. The number of amides is 1. The second kappa shape index (κ2) is 8.14. The Morgan fingerprint density at radius 1 is 1.32 bits per heavy atom. The summed E-state index contributed by atoms with van der Waals surface area (Å²) in [7, 11) is 0. The minimum atomic E-state index is -0.466. The molecule has 25 heavy (non-hydrogen) atoms. The molecule has 1 aromatic carbocycles. The molecular weight excluding hydrogens is 359 g/mol. The van der Waals surface area contributed by atoms with Crippen molar-refractivity contribution in [3.05, 3.63) is 35.6 Å². The first-order chi connectivity index (χ1) is 12.0. The van der Waals surface area contributed by atoms with Crippen molar-refractivity contribution >= 4 is 34.1 Å². The average Bonchev–Trinajstić information content (AvgIpc) is 3.27. The van der Waals surface area contributed by atoms with E-state index < -0.39 is 5.25 Å². The van der Waals surface area contributed by atoms with E-state index in [2.05, 4.69) is 34.7 Å². The summed E-state index contributed by atoms with van der Waals surface area (Å²) in [5.74, 6) is 0.133. The van der Waals surface area contributed by atoms with Crippen LogP contribution in [0.1, 0.15) is 37.5 Å². The summed E-state index contributed by atoms with van der Waals surface area (Å²) < 4.78 is 13.9. The number of nitrogens with zero attached hydrogens (tertiary/aromatic N) is 2. The van der Waals surface area contributed by atoms with Gasteiger partial charge in [0.05, 0.1) is 0 Å². The Balaban J connectivity index is 1.72. The Kier molecular flexibility index (Phi) is 5.90. The van der Waals surface area contributed by atoms with Gasteiger partial charge in [0.2, 0.25) is 11.0 Å². The molecule has 0 radical (unpaired) electrons. The monoisotopic (exact) mass is 380 g/mol. The summed E-state index contributed by atoms with van der Waals surface area (Å²) in [6, 6.07) is 6.33. The predicted molar refractivity (Wildman–Crippen MR) is 99.4 cm³/mol. The first-order valence-corrected chi connectivity index (χ1v) is 10.0. The predicted octanol–water partition coefficient (Wildman–Crippen LogP) is 3.86. The second-order valence-electron chi connectivity index (χ2n) is 6.48. The molecule has 2 N–H and O–H groups in total. The van der Waals surface area contributed by atoms with Crippen molar-refractivity contribution in [3.8, 4) is 0 Å². The van der Waals surface area contributed by atoms with Gasteiger partial charge in [-0.25, -0.2) is 4.39 Å². The molecule has 3 rings (SSSR count). The zero-order chi connectivity index (χ0) is 17.8. The van der Waals surface area contributed by atoms with E-state index in [1.807, 2.05) is 0 Å². The highest BCUT2D eigenvalue weighted by Crippen LogP contribution is 2.38. The smallest absolute Gasteiger partial charge is 0.238 e. The van der Waals surface area contributed by atoms with Crippen molar-refractivity contribution in [1.29, 1.82) is 0 Å². The van der Waals surface area contributed by atoms with Gasteiger partial charge in [0.15, 0.2) is 4.34 Å². The summed E-state index contributed by atoms with van der Waals surface area (Å²) in [5, 5.41) is 14.8. The molecule has 8 heteroatoms. The SMILES string of the molecule is CC(C)CNc1nnc(SC(C(=O)NC2CC2)c2ccc(F)cc2)s1. The number of rotatable bonds is 8. The Morgan fingerprint density at radius 2 is 2.04 bits per heavy atom. The third kappa shape index (κ3) is 5.40. The molecule has 1 atom stereocenters. The third-order valence-corrected chi connectivity index (χ3v) is 5.84. The standard InChI is InChI=1S/C17H21FN4OS2/c1-10(2)9-19-16-21-22-17(25-16)24-14(15(23)20-13-7-8-13)11-3-5-12(18)6-4-11/h3-6,10,13-14H,7-9H2,1-2H3,(H,19,21)(H,20,23). The van der Waals surface area contributed by atoms with Crippen molar-refractivity contribution in [2.45, 2.75) is 42.3 Å². The van der Waals surface area contributed by atoms with Crippen LogP contribution in [0, 0.1) is 11.7 Å². The van der Waals surface area contributed by atoms with E-state index in [0.717, 1.165) is 30.1 Å². The molecule has 1 aliphatic rings. The Labute approximate surface area is 154 Å². The fourth-order valence-electron chi connectivity index (χ4n) is 2.14. The van der Waals surface area contributed by atoms with Gasteiger partial charge in [-0.15, -0.1) is 10.2 Å². The Hall–Kier alpha value is -1.67. The fraction of sp³-hybridized carbons (Fsp3) is 0.471. The number of thioether (sulfide) groups is 1. The van der Waals surface area contributed by atoms with Crippen molar-refractivity contribution in [2.75, 3.05) is 11.9 Å². The molecule has 1 unspecified atom stereocenters. The first-order valence-electron chi connectivity index (χ1n) is 8.31. The lowest BCUT2D eigenvalue weighted by Gasteiger charge is -2.15. The number of carbonyl (C=O) groups excluding carboxylic acids is 1. The van der Waals surface area contributed by atoms with Crippen molar-refractivity contribution in [1.82, 2.24) is 15.5 Å². The number of nitrogens with one attached hydrogen (secondary N) is 2. The van der Waals surface area contributed by atoms with Crippen LogP contribution in [0.15, 0.2) is 28.6 Å². The topological polar surface area (TPSA) is 66.9 Å². The number of anilines is 1. The quantitative estimate of drug-likeness (QED) is 0.681. The summed E-state index contributed by atoms with van der Waals surface area (Å²) in [6.45, 7) is 5.07. The molecule has 1 saturated carbocycles. The number of carbonyl (C=O) groups is 1. The van der Waals surface area contributed by atoms with Gasteiger partial charge < -0.3 is 10.6 Å². The molecule has 134 valence electrons. The number of halogens is 1. The molecule has 1 heterocycles. The lowest BCUT2D eigenvalue weighted by Crippen LogP contribution is -2.29. The van der Waals surface area contributed by atoms with Crippen LogP contribution in [0.2, 0.25) is 0 Å². The summed E-state index contributed by atoms with van der Waals surface area (Å²) in [6.07, 6.45) is 2.04. The van der Waals surface area contributed by atoms with Gasteiger partial charge in [-0.1, -0.05) is 49.1 Å². The van der Waals surface area contributed by atoms with E-state index in [1.54, 1.807) is 12.1 Å². The largest absolute Gasteiger partial charge is 0.360 e. The van der Waals surface area contributed by atoms with E-state index in [0.29, 0.717) is 10.3 Å². The van der Waals surface area contributed by atoms with Crippen LogP contribution >= 0.6 is 23.1 Å². The van der Waals surface area contributed by atoms with Crippen LogP contribution in [0.4, 0.5) is 9.52 Å². The molecule has 2 aromatic rings. The highest BCUT2D eigenvalue weighted by Gasteiger charge is 2.30. The van der Waals surface area contributed by atoms with Gasteiger partial charge in [0.1, 0.15) is 11.1 Å². The number of hydrogen-bond acceptors (Lipinski definition) is 6. The molecule has 1 aliphatic carbocycles. The van der Waals surface area contributed by atoms with E-state index in [4.69, 9.17) is 0 Å². The highest BCUT2D eigenvalue weighted by atomic mass is 32.2. The fourth-order valence-corrected chi connectivity index (χ4v) is 4.10. The van der Waals surface area contributed by atoms with Gasteiger partial charge in [-0.3, -0.25) is 4.79 Å². The van der Waals surface area contributed by atoms with Gasteiger partial charge in [-0.05, 0) is 36.5 Å². The van der Waals surface area contributed by atoms with Crippen LogP contribution in [-0.2, 0) is 4.79 Å². The first kappa shape index (κ1) is 18.1. The van der Waals surface area contributed by atoms with Crippen LogP contribution in [0.5, 0.6) is 0 Å². The second-order valence-corrected chi connectivity index (χ2v) is 8.81. The van der Waals surface area contributed by atoms with Crippen molar-refractivity contribution in [3.63, 3.8) is 0 Å². The van der Waals surface area contributed by atoms with Gasteiger partial charge >= 0.3 is 0 Å². The van der Waals surface area contributed by atoms with E-state index in [-0.39, 0.29) is 17.8 Å². The molecule has 0 spiro atoms. The van der Waals surface area contributed by atoms with Gasteiger partial charge in [0.25, 0.3) is 0 Å². The lowest BCUT2D eigenvalue weighted by atomic mass is 10.1. The highest BCUT2D eigenvalue weighted by molar-refractivity contribution is 8.01. The molecule has 1 amide bonds. The molecule has 0 saturated heterocycles. The molecule has 1 fully saturated rings. The maximum Gasteiger partial charge on any atom is 0.238 e. The number of hydrogen-bond donors (Lipinski definition) is 2. The summed E-state index contributed by atoms with van der Waals surface area (Å²) in [5.41, 5.74) is 0.761. The molecular formula is C17H21FN4OS2. The van der Waals surface area contributed by atoms with Crippen LogP contribution in [0.25, 0.3) is 0 Å². The van der Waals surface area contributed by atoms with E-state index in [1.165, 1.54) is 35.2 Å². The molecule has 0 aliphatic heterocycles. The number of aromatic nitrogens is 2. The zero-order valence-corrected chi connectivity index (χ0v) is 15.8. The van der Waals surface area contributed by atoms with Gasteiger partial charge in [0, 0.05) is 12.6 Å². The zero-order valence-electron chi connectivity index (χ0n) is 14.2. The maximum absolute atomic E-state index is 13.2. The summed E-state index contributed by atoms with van der Waals surface area (Å²) in [4.78, 5) is 12.6. The van der Waals surface area contributed by atoms with E-state index in [9.17, 15) is 9.18 Å². The van der Waals surface area contributed by atoms with Crippen LogP contribution in [-0.4, -0.2) is 28.7 Å². The molecule has 5 nitrogen and oxygen atoms in total. The van der Waals surface area contributed by atoms with Crippen molar-refractivity contribution < 1.29 is 9.18 Å². The lowest BCUT2D eigenvalue weighted by molar-refractivity contribution is -0.120. The van der Waals surface area contributed by atoms with Crippen LogP contribution < -0.4 is 10.6 Å². The van der Waals surface area contributed by atoms with Crippen LogP contribution in [0.3, 0.4) is 0 Å². The molecule has 0 bridgehead atoms.